The molecule has 0 aromatic carbocycles. The van der Waals surface area contributed by atoms with Crippen LogP contribution in [0.5, 0.6) is 0 Å². The van der Waals surface area contributed by atoms with Crippen LogP contribution in [-0.4, -0.2) is 52.4 Å². The first-order valence-electron chi connectivity index (χ1n) is 8.42. The highest BCUT2D eigenvalue weighted by molar-refractivity contribution is 5.13. The summed E-state index contributed by atoms with van der Waals surface area (Å²) in [5.41, 5.74) is 1.69. The van der Waals surface area contributed by atoms with Gasteiger partial charge in [-0.15, -0.1) is 0 Å². The Morgan fingerprint density at radius 2 is 1.86 bits per heavy atom. The molecule has 2 heterocycles. The summed E-state index contributed by atoms with van der Waals surface area (Å²) in [6.07, 6.45) is 3.56. The van der Waals surface area contributed by atoms with Crippen LogP contribution >= 0.6 is 0 Å². The third-order valence-electron chi connectivity index (χ3n) is 5.78. The van der Waals surface area contributed by atoms with Crippen molar-refractivity contribution in [3.63, 3.8) is 0 Å². The number of ether oxygens (including phenoxy) is 3. The smallest absolute Gasteiger partial charge is 0.207 e. The summed E-state index contributed by atoms with van der Waals surface area (Å²) in [6, 6.07) is 0. The van der Waals surface area contributed by atoms with Gasteiger partial charge in [-0.05, 0) is 25.2 Å². The van der Waals surface area contributed by atoms with Gasteiger partial charge in [0.25, 0.3) is 0 Å². The maximum atomic E-state index is 6.14. The maximum absolute atomic E-state index is 6.14. The number of rotatable bonds is 2. The molecule has 4 heteroatoms. The monoisotopic (exact) mass is 296 g/mol. The highest BCUT2D eigenvalue weighted by atomic mass is 16.7. The summed E-state index contributed by atoms with van der Waals surface area (Å²) in [5, 5.41) is 0. The van der Waals surface area contributed by atoms with Gasteiger partial charge in [0, 0.05) is 5.41 Å². The van der Waals surface area contributed by atoms with E-state index in [4.69, 9.17) is 14.2 Å². The lowest BCUT2D eigenvalue weighted by Gasteiger charge is -2.49. The van der Waals surface area contributed by atoms with Gasteiger partial charge < -0.3 is 19.1 Å². The average molecular weight is 296 g/mol. The van der Waals surface area contributed by atoms with Gasteiger partial charge in [-0.25, -0.2) is 0 Å². The Morgan fingerprint density at radius 1 is 1.19 bits per heavy atom. The lowest BCUT2D eigenvalue weighted by molar-refractivity contribution is -0.914. The minimum Gasteiger partial charge on any atom is -0.370 e. The number of quaternary nitrogens is 1. The molecule has 2 saturated heterocycles. The van der Waals surface area contributed by atoms with Crippen molar-refractivity contribution < 1.29 is 19.1 Å². The Balaban J connectivity index is 1.56. The van der Waals surface area contributed by atoms with Crippen molar-refractivity contribution in [3.8, 4) is 0 Å². The minimum atomic E-state index is -0.0323. The van der Waals surface area contributed by atoms with E-state index in [-0.39, 0.29) is 11.7 Å². The molecule has 3 aliphatic rings. The fraction of sp³-hybridized carbons (Fsp3) is 0.882. The topological polar surface area (TPSA) is 32.1 Å². The predicted octanol–water partition coefficient (Wildman–Crippen LogP) is 0.883. The normalized spacial score (nSPS) is 42.0. The van der Waals surface area contributed by atoms with E-state index >= 15 is 0 Å². The van der Waals surface area contributed by atoms with Gasteiger partial charge in [0.05, 0.1) is 26.4 Å². The summed E-state index contributed by atoms with van der Waals surface area (Å²) in [7, 11) is 0. The van der Waals surface area contributed by atoms with Crippen LogP contribution in [0.4, 0.5) is 0 Å². The van der Waals surface area contributed by atoms with Crippen molar-refractivity contribution in [2.24, 2.45) is 17.3 Å². The van der Waals surface area contributed by atoms with Crippen LogP contribution in [0, 0.1) is 17.3 Å². The van der Waals surface area contributed by atoms with Crippen LogP contribution in [-0.2, 0) is 14.2 Å². The third kappa shape index (κ3) is 3.19. The van der Waals surface area contributed by atoms with Gasteiger partial charge in [0.2, 0.25) is 6.29 Å². The molecule has 0 unspecified atom stereocenters. The molecule has 1 aliphatic carbocycles. The van der Waals surface area contributed by atoms with Crippen molar-refractivity contribution in [1.29, 1.82) is 0 Å². The van der Waals surface area contributed by atoms with Gasteiger partial charge in [-0.1, -0.05) is 25.5 Å². The molecule has 0 radical (unpaired) electrons. The number of allylic oxidation sites excluding steroid dienone is 2. The highest BCUT2D eigenvalue weighted by Gasteiger charge is 2.47. The van der Waals surface area contributed by atoms with Gasteiger partial charge >= 0.3 is 0 Å². The summed E-state index contributed by atoms with van der Waals surface area (Å²) in [6.45, 7) is 13.4. The molecule has 0 amide bonds. The van der Waals surface area contributed by atoms with Crippen LogP contribution in [0.1, 0.15) is 27.2 Å². The van der Waals surface area contributed by atoms with E-state index in [0.717, 1.165) is 46.1 Å². The first-order chi connectivity index (χ1) is 10.1. The number of morpholine rings is 1. The molecule has 21 heavy (non-hydrogen) atoms. The van der Waals surface area contributed by atoms with E-state index in [1.54, 1.807) is 4.90 Å². The Morgan fingerprint density at radius 3 is 2.48 bits per heavy atom. The van der Waals surface area contributed by atoms with Crippen LogP contribution in [0.15, 0.2) is 11.6 Å². The molecule has 1 spiro atoms. The molecule has 120 valence electrons. The van der Waals surface area contributed by atoms with E-state index in [2.05, 4.69) is 26.8 Å². The van der Waals surface area contributed by atoms with Crippen molar-refractivity contribution in [1.82, 2.24) is 0 Å². The molecular formula is C17H30NO3+. The second-order valence-electron chi connectivity index (χ2n) is 7.26. The second-order valence-corrected chi connectivity index (χ2v) is 7.26. The molecule has 1 N–H and O–H groups in total. The number of nitrogens with one attached hydrogen (secondary N) is 1. The largest absolute Gasteiger partial charge is 0.370 e. The van der Waals surface area contributed by atoms with Crippen molar-refractivity contribution in [2.75, 3.05) is 46.1 Å². The predicted molar refractivity (Wildman–Crippen MR) is 81.2 cm³/mol. The molecule has 4 nitrogen and oxygen atoms in total. The molecule has 3 rings (SSSR count). The second kappa shape index (κ2) is 6.37. The van der Waals surface area contributed by atoms with Crippen LogP contribution < -0.4 is 4.90 Å². The number of hydrogen-bond donors (Lipinski definition) is 1. The summed E-state index contributed by atoms with van der Waals surface area (Å²) < 4.78 is 17.7. The Hall–Kier alpha value is -0.420. The summed E-state index contributed by atoms with van der Waals surface area (Å²) in [5.74, 6) is 1.17. The molecule has 0 bridgehead atoms. The van der Waals surface area contributed by atoms with E-state index in [1.807, 2.05) is 0 Å². The number of hydrogen-bond acceptors (Lipinski definition) is 3. The van der Waals surface area contributed by atoms with Crippen molar-refractivity contribution in [3.05, 3.63) is 11.6 Å². The fourth-order valence-corrected chi connectivity index (χ4v) is 4.15. The molecule has 0 saturated carbocycles. The maximum Gasteiger partial charge on any atom is 0.207 e. The van der Waals surface area contributed by atoms with E-state index < -0.39 is 0 Å². The molecule has 0 aromatic rings. The van der Waals surface area contributed by atoms with Crippen LogP contribution in [0.2, 0.25) is 0 Å². The lowest BCUT2D eigenvalue weighted by Crippen LogP contribution is -3.15. The SMILES string of the molecule is CC1=C[C@H](C)C2(COC(C[NH+]3CCOCC3)OC2)[C@H](C)C1. The Labute approximate surface area is 128 Å². The lowest BCUT2D eigenvalue weighted by atomic mass is 9.63. The zero-order valence-corrected chi connectivity index (χ0v) is 13.7. The van der Waals surface area contributed by atoms with Crippen molar-refractivity contribution >= 4 is 0 Å². The van der Waals surface area contributed by atoms with Gasteiger partial charge in [0.1, 0.15) is 19.6 Å². The Bertz CT molecular complexity index is 381. The minimum absolute atomic E-state index is 0.0323. The average Bonchev–Trinajstić information content (AvgIpc) is 2.47. The molecular weight excluding hydrogens is 266 g/mol. The van der Waals surface area contributed by atoms with Gasteiger partial charge in [0.15, 0.2) is 0 Å². The first-order valence-corrected chi connectivity index (χ1v) is 8.42. The zero-order valence-electron chi connectivity index (χ0n) is 13.7. The molecule has 2 atom stereocenters. The van der Waals surface area contributed by atoms with Crippen LogP contribution in [0.3, 0.4) is 0 Å². The van der Waals surface area contributed by atoms with E-state index in [9.17, 15) is 0 Å². The van der Waals surface area contributed by atoms with Crippen LogP contribution in [0.25, 0.3) is 0 Å². The van der Waals surface area contributed by atoms with Crippen molar-refractivity contribution in [2.45, 2.75) is 33.5 Å². The summed E-state index contributed by atoms with van der Waals surface area (Å²) >= 11 is 0. The quantitative estimate of drug-likeness (QED) is 0.768. The zero-order chi connectivity index (χ0) is 14.9. The fourth-order valence-electron chi connectivity index (χ4n) is 4.15. The molecule has 2 fully saturated rings. The van der Waals surface area contributed by atoms with E-state index in [1.165, 1.54) is 12.0 Å². The van der Waals surface area contributed by atoms with Gasteiger partial charge in [-0.3, -0.25) is 0 Å². The molecule has 0 aromatic heterocycles. The highest BCUT2D eigenvalue weighted by Crippen LogP contribution is 2.46. The summed E-state index contributed by atoms with van der Waals surface area (Å²) in [4.78, 5) is 1.54. The van der Waals surface area contributed by atoms with E-state index in [0.29, 0.717) is 11.8 Å². The standard InChI is InChI=1S/C17H29NO3/c1-13-8-14(2)17(15(3)9-13)11-20-16(21-12-17)10-18-4-6-19-7-5-18/h8,14-16H,4-7,9-12H2,1-3H3/p+1/t14-,15+,16?,17?/m0/s1. The Kier molecular flexibility index (Phi) is 4.69. The molecule has 2 aliphatic heterocycles. The van der Waals surface area contributed by atoms with Gasteiger partial charge in [-0.2, -0.15) is 0 Å². The third-order valence-corrected chi connectivity index (χ3v) is 5.78. The first kappa shape index (κ1) is 15.5.